The lowest BCUT2D eigenvalue weighted by molar-refractivity contribution is 0.199. The third-order valence-electron chi connectivity index (χ3n) is 3.07. The fourth-order valence-electron chi connectivity index (χ4n) is 1.97. The normalized spacial score (nSPS) is 10.8. The quantitative estimate of drug-likeness (QED) is 0.772. The molecule has 0 aliphatic rings. The molecule has 0 radical (unpaired) electrons. The van der Waals surface area contributed by atoms with Gasteiger partial charge in [-0.15, -0.1) is 0 Å². The average molecular weight is 288 g/mol. The van der Waals surface area contributed by atoms with Crippen molar-refractivity contribution < 1.29 is 4.74 Å². The fraction of sp³-hybridized carbons (Fsp3) is 0.400. The lowest BCUT2D eigenvalue weighted by Gasteiger charge is -2.09. The number of aromatic nitrogens is 3. The molecule has 2 rings (SSSR count). The maximum Gasteiger partial charge on any atom is 0.271 e. The molecular weight excluding hydrogens is 268 g/mol. The summed E-state index contributed by atoms with van der Waals surface area (Å²) in [5, 5.41) is 7.54. The van der Waals surface area contributed by atoms with Crippen LogP contribution in [0.5, 0.6) is 0 Å². The van der Waals surface area contributed by atoms with Gasteiger partial charge in [0.15, 0.2) is 0 Å². The highest BCUT2D eigenvalue weighted by Gasteiger charge is 2.09. The van der Waals surface area contributed by atoms with Gasteiger partial charge >= 0.3 is 0 Å². The van der Waals surface area contributed by atoms with E-state index in [4.69, 9.17) is 4.74 Å². The highest BCUT2D eigenvalue weighted by Crippen LogP contribution is 2.12. The minimum atomic E-state index is -0.0675. The molecule has 1 N–H and O–H groups in total. The summed E-state index contributed by atoms with van der Waals surface area (Å²) in [6, 6.07) is 7.44. The Balaban J connectivity index is 2.29. The molecule has 0 unspecified atom stereocenters. The van der Waals surface area contributed by atoms with Gasteiger partial charge in [0.05, 0.1) is 12.3 Å². The van der Waals surface area contributed by atoms with Crippen LogP contribution in [0.15, 0.2) is 35.3 Å². The molecule has 0 aliphatic carbocycles. The van der Waals surface area contributed by atoms with E-state index < -0.39 is 0 Å². The van der Waals surface area contributed by atoms with Crippen molar-refractivity contribution in [3.05, 3.63) is 46.4 Å². The average Bonchev–Trinajstić information content (AvgIpc) is 2.53. The van der Waals surface area contributed by atoms with E-state index in [9.17, 15) is 4.79 Å². The lowest BCUT2D eigenvalue weighted by atomic mass is 10.2. The zero-order valence-electron chi connectivity index (χ0n) is 12.4. The van der Waals surface area contributed by atoms with Gasteiger partial charge in [0.1, 0.15) is 5.69 Å². The van der Waals surface area contributed by atoms with Crippen molar-refractivity contribution >= 4 is 0 Å². The van der Waals surface area contributed by atoms with Crippen LogP contribution in [0.4, 0.5) is 0 Å². The first-order valence-electron chi connectivity index (χ1n) is 6.98. The summed E-state index contributed by atoms with van der Waals surface area (Å²) >= 11 is 0. The third kappa shape index (κ3) is 3.96. The van der Waals surface area contributed by atoms with Gasteiger partial charge < -0.3 is 10.1 Å². The maximum atomic E-state index is 12.3. The fourth-order valence-corrected chi connectivity index (χ4v) is 1.97. The second kappa shape index (κ2) is 7.66. The van der Waals surface area contributed by atoms with E-state index in [0.717, 1.165) is 5.69 Å². The van der Waals surface area contributed by atoms with Crippen molar-refractivity contribution in [1.29, 1.82) is 0 Å². The topological polar surface area (TPSA) is 69.0 Å². The molecule has 21 heavy (non-hydrogen) atoms. The van der Waals surface area contributed by atoms with E-state index in [1.807, 2.05) is 25.1 Å². The first-order valence-corrected chi connectivity index (χ1v) is 6.98. The molecule has 2 aromatic heterocycles. The zero-order valence-corrected chi connectivity index (χ0v) is 12.4. The van der Waals surface area contributed by atoms with Crippen LogP contribution >= 0.6 is 0 Å². The molecule has 0 saturated heterocycles. The first-order chi connectivity index (χ1) is 10.3. The Bertz CT molecular complexity index is 625. The van der Waals surface area contributed by atoms with Crippen molar-refractivity contribution in [1.82, 2.24) is 20.1 Å². The van der Waals surface area contributed by atoms with E-state index in [0.29, 0.717) is 37.5 Å². The number of ether oxygens (including phenoxy) is 1. The number of nitrogens with zero attached hydrogens (tertiary/aromatic N) is 3. The predicted octanol–water partition coefficient (Wildman–Crippen LogP) is 1.06. The number of nitrogens with one attached hydrogen (secondary N) is 1. The van der Waals surface area contributed by atoms with Gasteiger partial charge in [0, 0.05) is 38.5 Å². The molecule has 6 heteroatoms. The maximum absolute atomic E-state index is 12.3. The molecule has 0 aromatic carbocycles. The summed E-state index contributed by atoms with van der Waals surface area (Å²) in [5.41, 5.74) is 2.09. The Morgan fingerprint density at radius 3 is 2.86 bits per heavy atom. The van der Waals surface area contributed by atoms with Gasteiger partial charge in [0.2, 0.25) is 0 Å². The van der Waals surface area contributed by atoms with Crippen LogP contribution in [0, 0.1) is 0 Å². The molecule has 0 fully saturated rings. The highest BCUT2D eigenvalue weighted by molar-refractivity contribution is 5.53. The van der Waals surface area contributed by atoms with E-state index in [1.165, 1.54) is 4.68 Å². The van der Waals surface area contributed by atoms with E-state index in [-0.39, 0.29) is 5.56 Å². The van der Waals surface area contributed by atoms with Crippen molar-refractivity contribution in [2.24, 2.45) is 0 Å². The molecule has 0 bridgehead atoms. The molecule has 112 valence electrons. The summed E-state index contributed by atoms with van der Waals surface area (Å²) in [6.45, 7) is 4.23. The van der Waals surface area contributed by atoms with Crippen molar-refractivity contribution in [3.63, 3.8) is 0 Å². The number of methoxy groups -OCH3 is 1. The highest BCUT2D eigenvalue weighted by atomic mass is 16.5. The van der Waals surface area contributed by atoms with E-state index >= 15 is 0 Å². The Kier molecular flexibility index (Phi) is 5.59. The lowest BCUT2D eigenvalue weighted by Crippen LogP contribution is -2.30. The smallest absolute Gasteiger partial charge is 0.271 e. The van der Waals surface area contributed by atoms with Gasteiger partial charge in [-0.1, -0.05) is 6.07 Å². The van der Waals surface area contributed by atoms with Crippen LogP contribution in [-0.2, 0) is 17.8 Å². The predicted molar refractivity (Wildman–Crippen MR) is 81.0 cm³/mol. The molecule has 0 saturated carbocycles. The number of hydrogen-bond donors (Lipinski definition) is 1. The number of pyridine rings is 1. The number of rotatable bonds is 7. The SMILES string of the molecule is CCn1nc(-c2ccccn2)cc(CNCCOC)c1=O. The van der Waals surface area contributed by atoms with Crippen LogP contribution < -0.4 is 10.9 Å². The molecule has 0 aliphatic heterocycles. The van der Waals surface area contributed by atoms with Gasteiger partial charge in [0.25, 0.3) is 5.56 Å². The summed E-state index contributed by atoms with van der Waals surface area (Å²) < 4.78 is 6.45. The summed E-state index contributed by atoms with van der Waals surface area (Å²) in [6.07, 6.45) is 1.72. The van der Waals surface area contributed by atoms with Crippen LogP contribution in [0.2, 0.25) is 0 Å². The second-order valence-electron chi connectivity index (χ2n) is 4.56. The minimum Gasteiger partial charge on any atom is -0.383 e. The van der Waals surface area contributed by atoms with E-state index in [1.54, 1.807) is 19.4 Å². The van der Waals surface area contributed by atoms with Gasteiger partial charge in [-0.05, 0) is 25.1 Å². The molecular formula is C15H20N4O2. The Labute approximate surface area is 123 Å². The molecule has 2 heterocycles. The van der Waals surface area contributed by atoms with Crippen LogP contribution in [0.1, 0.15) is 12.5 Å². The Hall–Kier alpha value is -2.05. The molecule has 0 atom stereocenters. The summed E-state index contributed by atoms with van der Waals surface area (Å²) in [4.78, 5) is 16.5. The zero-order chi connectivity index (χ0) is 15.1. The van der Waals surface area contributed by atoms with Crippen molar-refractivity contribution in [2.45, 2.75) is 20.0 Å². The van der Waals surface area contributed by atoms with E-state index in [2.05, 4.69) is 15.4 Å². The van der Waals surface area contributed by atoms with Crippen molar-refractivity contribution in [2.75, 3.05) is 20.3 Å². The largest absolute Gasteiger partial charge is 0.383 e. The molecule has 6 nitrogen and oxygen atoms in total. The Morgan fingerprint density at radius 2 is 2.19 bits per heavy atom. The van der Waals surface area contributed by atoms with Gasteiger partial charge in [-0.2, -0.15) is 5.10 Å². The molecule has 0 spiro atoms. The van der Waals surface area contributed by atoms with Crippen LogP contribution in [0.25, 0.3) is 11.4 Å². The Morgan fingerprint density at radius 1 is 1.33 bits per heavy atom. The van der Waals surface area contributed by atoms with Gasteiger partial charge in [-0.25, -0.2) is 4.68 Å². The standard InChI is InChI=1S/C15H20N4O2/c1-3-19-15(20)12(11-16-8-9-21-2)10-14(18-19)13-6-4-5-7-17-13/h4-7,10,16H,3,8-9,11H2,1-2H3. The van der Waals surface area contributed by atoms with Crippen LogP contribution in [0.3, 0.4) is 0 Å². The number of hydrogen-bond acceptors (Lipinski definition) is 5. The summed E-state index contributed by atoms with van der Waals surface area (Å²) in [7, 11) is 1.65. The van der Waals surface area contributed by atoms with Crippen molar-refractivity contribution in [3.8, 4) is 11.4 Å². The molecule has 0 amide bonds. The summed E-state index contributed by atoms with van der Waals surface area (Å²) in [5.74, 6) is 0. The van der Waals surface area contributed by atoms with Crippen LogP contribution in [-0.4, -0.2) is 35.0 Å². The second-order valence-corrected chi connectivity index (χ2v) is 4.56. The molecule has 2 aromatic rings. The monoisotopic (exact) mass is 288 g/mol. The van der Waals surface area contributed by atoms with Gasteiger partial charge in [-0.3, -0.25) is 9.78 Å². The minimum absolute atomic E-state index is 0.0675. The third-order valence-corrected chi connectivity index (χ3v) is 3.07. The first kappa shape index (κ1) is 15.3. The number of aryl methyl sites for hydroxylation is 1.